The zero-order valence-electron chi connectivity index (χ0n) is 14.9. The Morgan fingerprint density at radius 3 is 2.46 bits per heavy atom. The molecule has 0 unspecified atom stereocenters. The first-order valence-electron chi connectivity index (χ1n) is 8.13. The normalized spacial score (nSPS) is 15.1. The third-order valence-electron chi connectivity index (χ3n) is 4.01. The van der Waals surface area contributed by atoms with E-state index in [1.165, 1.54) is 21.3 Å². The SMILES string of the molecule is COc1ccc(C(=O)NC[C@@H]2COc3ccccc3O2)c(OC)c1OC. The van der Waals surface area contributed by atoms with Crippen LogP contribution >= 0.6 is 0 Å². The Labute approximate surface area is 151 Å². The maximum Gasteiger partial charge on any atom is 0.255 e. The molecule has 138 valence electrons. The quantitative estimate of drug-likeness (QED) is 0.853. The highest BCUT2D eigenvalue weighted by Gasteiger charge is 2.24. The molecule has 7 nitrogen and oxygen atoms in total. The fraction of sp³-hybridized carbons (Fsp3) is 0.316. The average molecular weight is 359 g/mol. The van der Waals surface area contributed by atoms with Crippen LogP contribution in [0.25, 0.3) is 0 Å². The summed E-state index contributed by atoms with van der Waals surface area (Å²) in [6, 6.07) is 10.7. The van der Waals surface area contributed by atoms with Crippen molar-refractivity contribution in [3.63, 3.8) is 0 Å². The number of carbonyl (C=O) groups excluding carboxylic acids is 1. The van der Waals surface area contributed by atoms with Gasteiger partial charge in [0.2, 0.25) is 5.75 Å². The monoisotopic (exact) mass is 359 g/mol. The van der Waals surface area contributed by atoms with Gasteiger partial charge in [-0.05, 0) is 24.3 Å². The molecule has 0 aromatic heterocycles. The Balaban J connectivity index is 1.69. The van der Waals surface area contributed by atoms with Crippen LogP contribution in [0.2, 0.25) is 0 Å². The summed E-state index contributed by atoms with van der Waals surface area (Å²) in [5, 5.41) is 2.84. The lowest BCUT2D eigenvalue weighted by Crippen LogP contribution is -2.40. The molecule has 0 aliphatic carbocycles. The number of methoxy groups -OCH3 is 3. The van der Waals surface area contributed by atoms with Crippen LogP contribution < -0.4 is 29.0 Å². The molecule has 2 aromatic carbocycles. The van der Waals surface area contributed by atoms with Crippen LogP contribution in [-0.2, 0) is 0 Å². The molecule has 0 spiro atoms. The summed E-state index contributed by atoms with van der Waals surface area (Å²) in [4.78, 5) is 12.6. The maximum atomic E-state index is 12.6. The summed E-state index contributed by atoms with van der Waals surface area (Å²) in [7, 11) is 4.49. The van der Waals surface area contributed by atoms with Crippen LogP contribution in [0.4, 0.5) is 0 Å². The van der Waals surface area contributed by atoms with Gasteiger partial charge >= 0.3 is 0 Å². The van der Waals surface area contributed by atoms with Gasteiger partial charge in [-0.2, -0.15) is 0 Å². The number of fused-ring (bicyclic) bond motifs is 1. The van der Waals surface area contributed by atoms with E-state index in [0.29, 0.717) is 47.5 Å². The first kappa shape index (κ1) is 17.7. The van der Waals surface area contributed by atoms with E-state index in [1.807, 2.05) is 24.3 Å². The molecule has 0 radical (unpaired) electrons. The van der Waals surface area contributed by atoms with Gasteiger partial charge in [0.15, 0.2) is 23.0 Å². The molecule has 1 heterocycles. The van der Waals surface area contributed by atoms with Crippen LogP contribution in [0.5, 0.6) is 28.7 Å². The Hall–Kier alpha value is -3.09. The lowest BCUT2D eigenvalue weighted by Gasteiger charge is -2.26. The van der Waals surface area contributed by atoms with Crippen LogP contribution in [0, 0.1) is 0 Å². The second-order valence-corrected chi connectivity index (χ2v) is 5.59. The van der Waals surface area contributed by atoms with Gasteiger partial charge < -0.3 is 29.0 Å². The summed E-state index contributed by atoms with van der Waals surface area (Å²) < 4.78 is 27.4. The van der Waals surface area contributed by atoms with Gasteiger partial charge in [-0.3, -0.25) is 4.79 Å². The Morgan fingerprint density at radius 1 is 1.04 bits per heavy atom. The molecule has 1 atom stereocenters. The van der Waals surface area contributed by atoms with E-state index in [4.69, 9.17) is 23.7 Å². The highest BCUT2D eigenvalue weighted by Crippen LogP contribution is 2.39. The third kappa shape index (κ3) is 3.46. The van der Waals surface area contributed by atoms with Crippen molar-refractivity contribution in [2.24, 2.45) is 0 Å². The predicted molar refractivity (Wildman–Crippen MR) is 94.8 cm³/mol. The first-order chi connectivity index (χ1) is 12.7. The van der Waals surface area contributed by atoms with Gasteiger partial charge in [0.25, 0.3) is 5.91 Å². The number of para-hydroxylation sites is 2. The van der Waals surface area contributed by atoms with Crippen molar-refractivity contribution >= 4 is 5.91 Å². The molecule has 1 aliphatic heterocycles. The number of ether oxygens (including phenoxy) is 5. The highest BCUT2D eigenvalue weighted by atomic mass is 16.6. The van der Waals surface area contributed by atoms with E-state index >= 15 is 0 Å². The van der Waals surface area contributed by atoms with Crippen molar-refractivity contribution in [3.05, 3.63) is 42.0 Å². The molecule has 1 aliphatic rings. The fourth-order valence-corrected chi connectivity index (χ4v) is 2.75. The van der Waals surface area contributed by atoms with Crippen molar-refractivity contribution in [2.45, 2.75) is 6.10 Å². The zero-order valence-corrected chi connectivity index (χ0v) is 14.9. The molecule has 3 rings (SSSR count). The molecular weight excluding hydrogens is 338 g/mol. The maximum absolute atomic E-state index is 12.6. The number of hydrogen-bond donors (Lipinski definition) is 1. The van der Waals surface area contributed by atoms with E-state index in [2.05, 4.69) is 5.32 Å². The van der Waals surface area contributed by atoms with Gasteiger partial charge in [0.05, 0.1) is 33.4 Å². The van der Waals surface area contributed by atoms with Gasteiger partial charge in [-0.1, -0.05) is 12.1 Å². The van der Waals surface area contributed by atoms with Crippen LogP contribution in [0.3, 0.4) is 0 Å². The predicted octanol–water partition coefficient (Wildman–Crippen LogP) is 2.28. The fourth-order valence-electron chi connectivity index (χ4n) is 2.75. The highest BCUT2D eigenvalue weighted by molar-refractivity contribution is 5.98. The molecule has 0 bridgehead atoms. The molecule has 2 aromatic rings. The van der Waals surface area contributed by atoms with E-state index in [9.17, 15) is 4.79 Å². The molecule has 0 fully saturated rings. The number of carbonyl (C=O) groups is 1. The van der Waals surface area contributed by atoms with Gasteiger partial charge in [0, 0.05) is 0 Å². The molecule has 26 heavy (non-hydrogen) atoms. The van der Waals surface area contributed by atoms with E-state index in [0.717, 1.165) is 0 Å². The topological polar surface area (TPSA) is 75.3 Å². The summed E-state index contributed by atoms with van der Waals surface area (Å²) in [5.41, 5.74) is 0.349. The summed E-state index contributed by atoms with van der Waals surface area (Å²) in [6.07, 6.45) is -0.278. The van der Waals surface area contributed by atoms with Crippen LogP contribution in [0.15, 0.2) is 36.4 Å². The smallest absolute Gasteiger partial charge is 0.255 e. The lowest BCUT2D eigenvalue weighted by atomic mass is 10.1. The zero-order chi connectivity index (χ0) is 18.5. The Kier molecular flexibility index (Phi) is 5.36. The van der Waals surface area contributed by atoms with Gasteiger partial charge in [-0.15, -0.1) is 0 Å². The molecule has 1 amide bonds. The first-order valence-corrected chi connectivity index (χ1v) is 8.13. The summed E-state index contributed by atoms with van der Waals surface area (Å²) >= 11 is 0. The van der Waals surface area contributed by atoms with E-state index < -0.39 is 0 Å². The summed E-state index contributed by atoms with van der Waals surface area (Å²) in [5.74, 6) is 2.24. The molecule has 7 heteroatoms. The Morgan fingerprint density at radius 2 is 1.77 bits per heavy atom. The minimum absolute atomic E-state index is 0.278. The number of amides is 1. The molecule has 1 N–H and O–H groups in total. The van der Waals surface area contributed by atoms with Crippen LogP contribution in [0.1, 0.15) is 10.4 Å². The Bertz CT molecular complexity index is 792. The van der Waals surface area contributed by atoms with Crippen LogP contribution in [-0.4, -0.2) is 46.5 Å². The van der Waals surface area contributed by atoms with Gasteiger partial charge in [0.1, 0.15) is 12.7 Å². The third-order valence-corrected chi connectivity index (χ3v) is 4.01. The standard InChI is InChI=1S/C19H21NO6/c1-22-16-9-8-13(17(23-2)18(16)24-3)19(21)20-10-12-11-25-14-6-4-5-7-15(14)26-12/h4-9,12H,10-11H2,1-3H3,(H,20,21)/t12-/m1/s1. The number of benzene rings is 2. The molecular formula is C19H21NO6. The van der Waals surface area contributed by atoms with E-state index in [1.54, 1.807) is 12.1 Å². The van der Waals surface area contributed by atoms with Crippen molar-refractivity contribution in [1.29, 1.82) is 0 Å². The largest absolute Gasteiger partial charge is 0.493 e. The minimum Gasteiger partial charge on any atom is -0.493 e. The summed E-state index contributed by atoms with van der Waals surface area (Å²) in [6.45, 7) is 0.658. The number of nitrogens with one attached hydrogen (secondary N) is 1. The second-order valence-electron chi connectivity index (χ2n) is 5.59. The number of hydrogen-bond acceptors (Lipinski definition) is 6. The van der Waals surface area contributed by atoms with Crippen molar-refractivity contribution in [3.8, 4) is 28.7 Å². The molecule has 0 saturated heterocycles. The minimum atomic E-state index is -0.301. The van der Waals surface area contributed by atoms with Crippen molar-refractivity contribution in [1.82, 2.24) is 5.32 Å². The lowest BCUT2D eigenvalue weighted by molar-refractivity contribution is 0.0787. The molecule has 0 saturated carbocycles. The van der Waals surface area contributed by atoms with Gasteiger partial charge in [-0.25, -0.2) is 0 Å². The second kappa shape index (κ2) is 7.86. The van der Waals surface area contributed by atoms with Crippen molar-refractivity contribution in [2.75, 3.05) is 34.5 Å². The van der Waals surface area contributed by atoms with Crippen molar-refractivity contribution < 1.29 is 28.5 Å². The number of rotatable bonds is 6. The van der Waals surface area contributed by atoms with E-state index in [-0.39, 0.29) is 12.0 Å². The average Bonchev–Trinajstić information content (AvgIpc) is 2.70.